The largest absolute Gasteiger partial charge is 0.366 e. The highest BCUT2D eigenvalue weighted by atomic mass is 16.1. The summed E-state index contributed by atoms with van der Waals surface area (Å²) in [7, 11) is 0. The topological polar surface area (TPSA) is 72.2 Å². The Kier molecular flexibility index (Phi) is 6.59. The van der Waals surface area contributed by atoms with E-state index in [1.807, 2.05) is 13.8 Å². The van der Waals surface area contributed by atoms with Crippen molar-refractivity contribution in [3.8, 4) is 0 Å². The molecule has 16 heavy (non-hydrogen) atoms. The van der Waals surface area contributed by atoms with Crippen LogP contribution in [0.15, 0.2) is 24.3 Å². The standard InChI is InChI=1S/C10H12N2O2.C2H6/c1-7(13)12-6-8-2-4-9(5-3-8)10(11)14;1-2/h2-5H,6H2,1H3,(H2,11,14)(H,12,13);1-2H3. The highest BCUT2D eigenvalue weighted by Gasteiger charge is 1.99. The summed E-state index contributed by atoms with van der Waals surface area (Å²) >= 11 is 0. The highest BCUT2D eigenvalue weighted by molar-refractivity contribution is 5.92. The maximum absolute atomic E-state index is 10.7. The van der Waals surface area contributed by atoms with Crippen molar-refractivity contribution in [2.45, 2.75) is 27.3 Å². The Bertz CT molecular complexity index is 345. The molecule has 0 aliphatic heterocycles. The fourth-order valence-electron chi connectivity index (χ4n) is 1.01. The number of rotatable bonds is 3. The molecule has 1 aromatic rings. The van der Waals surface area contributed by atoms with E-state index in [4.69, 9.17) is 5.73 Å². The SMILES string of the molecule is CC.CC(=O)NCc1ccc(C(N)=O)cc1. The van der Waals surface area contributed by atoms with Gasteiger partial charge in [0.05, 0.1) is 0 Å². The molecule has 0 saturated carbocycles. The molecule has 0 unspecified atom stereocenters. The Morgan fingerprint density at radius 3 is 2.06 bits per heavy atom. The fourth-order valence-corrected chi connectivity index (χ4v) is 1.01. The van der Waals surface area contributed by atoms with Gasteiger partial charge in [-0.2, -0.15) is 0 Å². The third-order valence-electron chi connectivity index (χ3n) is 1.78. The van der Waals surface area contributed by atoms with Gasteiger partial charge in [0, 0.05) is 19.0 Å². The van der Waals surface area contributed by atoms with Gasteiger partial charge in [0.2, 0.25) is 11.8 Å². The Hall–Kier alpha value is -1.84. The first-order valence-corrected chi connectivity index (χ1v) is 5.23. The second-order valence-electron chi connectivity index (χ2n) is 2.97. The van der Waals surface area contributed by atoms with Gasteiger partial charge in [0.25, 0.3) is 0 Å². The summed E-state index contributed by atoms with van der Waals surface area (Å²) in [5, 5.41) is 2.66. The van der Waals surface area contributed by atoms with Crippen LogP contribution in [0.3, 0.4) is 0 Å². The summed E-state index contributed by atoms with van der Waals surface area (Å²) in [5.74, 6) is -0.528. The summed E-state index contributed by atoms with van der Waals surface area (Å²) < 4.78 is 0. The summed E-state index contributed by atoms with van der Waals surface area (Å²) in [6.45, 7) is 5.92. The van der Waals surface area contributed by atoms with Crippen LogP contribution in [0.1, 0.15) is 36.7 Å². The first-order valence-electron chi connectivity index (χ1n) is 5.23. The number of carbonyl (C=O) groups excluding carboxylic acids is 2. The molecule has 0 bridgehead atoms. The summed E-state index contributed by atoms with van der Waals surface area (Å²) in [6, 6.07) is 6.80. The van der Waals surface area contributed by atoms with Gasteiger partial charge in [-0.25, -0.2) is 0 Å². The predicted octanol–water partition coefficient (Wildman–Crippen LogP) is 1.45. The van der Waals surface area contributed by atoms with Crippen molar-refractivity contribution in [3.05, 3.63) is 35.4 Å². The maximum atomic E-state index is 10.7. The van der Waals surface area contributed by atoms with Crippen LogP contribution in [0, 0.1) is 0 Å². The molecule has 0 aliphatic rings. The van der Waals surface area contributed by atoms with E-state index in [0.717, 1.165) is 5.56 Å². The minimum Gasteiger partial charge on any atom is -0.366 e. The first kappa shape index (κ1) is 14.2. The van der Waals surface area contributed by atoms with E-state index < -0.39 is 5.91 Å². The van der Waals surface area contributed by atoms with E-state index >= 15 is 0 Å². The molecule has 0 aromatic heterocycles. The van der Waals surface area contributed by atoms with Crippen LogP contribution in [0.2, 0.25) is 0 Å². The van der Waals surface area contributed by atoms with Crippen LogP contribution < -0.4 is 11.1 Å². The Morgan fingerprint density at radius 2 is 1.69 bits per heavy atom. The van der Waals surface area contributed by atoms with Crippen LogP contribution in [0.4, 0.5) is 0 Å². The van der Waals surface area contributed by atoms with Gasteiger partial charge < -0.3 is 11.1 Å². The zero-order chi connectivity index (χ0) is 12.6. The number of hydrogen-bond donors (Lipinski definition) is 2. The molecular formula is C12H18N2O2. The molecule has 0 aliphatic carbocycles. The molecule has 0 radical (unpaired) electrons. The number of primary amides is 1. The van der Waals surface area contributed by atoms with E-state index in [1.165, 1.54) is 6.92 Å². The summed E-state index contributed by atoms with van der Waals surface area (Å²) in [4.78, 5) is 21.3. The Morgan fingerprint density at radius 1 is 1.19 bits per heavy atom. The molecule has 3 N–H and O–H groups in total. The highest BCUT2D eigenvalue weighted by Crippen LogP contribution is 2.03. The smallest absolute Gasteiger partial charge is 0.248 e. The zero-order valence-electron chi connectivity index (χ0n) is 9.91. The van der Waals surface area contributed by atoms with E-state index in [2.05, 4.69) is 5.32 Å². The van der Waals surface area contributed by atoms with Gasteiger partial charge >= 0.3 is 0 Å². The number of amides is 2. The van der Waals surface area contributed by atoms with Crippen molar-refractivity contribution in [2.24, 2.45) is 5.73 Å². The minimum absolute atomic E-state index is 0.0797. The van der Waals surface area contributed by atoms with E-state index in [-0.39, 0.29) is 5.91 Å². The second-order valence-corrected chi connectivity index (χ2v) is 2.97. The lowest BCUT2D eigenvalue weighted by atomic mass is 10.1. The molecule has 0 fully saturated rings. The maximum Gasteiger partial charge on any atom is 0.248 e. The third kappa shape index (κ3) is 5.14. The molecule has 0 spiro atoms. The lowest BCUT2D eigenvalue weighted by molar-refractivity contribution is -0.119. The average Bonchev–Trinajstić information content (AvgIpc) is 2.29. The predicted molar refractivity (Wildman–Crippen MR) is 63.8 cm³/mol. The van der Waals surface area contributed by atoms with Gasteiger partial charge in [-0.1, -0.05) is 26.0 Å². The number of carbonyl (C=O) groups is 2. The Balaban J connectivity index is 0.00000106. The van der Waals surface area contributed by atoms with E-state index in [9.17, 15) is 9.59 Å². The molecule has 4 heteroatoms. The van der Waals surface area contributed by atoms with E-state index in [0.29, 0.717) is 12.1 Å². The number of benzene rings is 1. The van der Waals surface area contributed by atoms with Gasteiger partial charge in [0.15, 0.2) is 0 Å². The quantitative estimate of drug-likeness (QED) is 0.812. The molecule has 0 heterocycles. The van der Waals surface area contributed by atoms with Crippen LogP contribution in [-0.2, 0) is 11.3 Å². The molecule has 0 saturated heterocycles. The van der Waals surface area contributed by atoms with Gasteiger partial charge in [0.1, 0.15) is 0 Å². The molecule has 4 nitrogen and oxygen atoms in total. The number of nitrogens with one attached hydrogen (secondary N) is 1. The normalized spacial score (nSPS) is 8.69. The first-order chi connectivity index (χ1) is 7.59. The lowest BCUT2D eigenvalue weighted by Gasteiger charge is -2.02. The monoisotopic (exact) mass is 222 g/mol. The van der Waals surface area contributed by atoms with Crippen LogP contribution in [-0.4, -0.2) is 11.8 Å². The van der Waals surface area contributed by atoms with Crippen molar-refractivity contribution < 1.29 is 9.59 Å². The van der Waals surface area contributed by atoms with Crippen molar-refractivity contribution in [2.75, 3.05) is 0 Å². The summed E-state index contributed by atoms with van der Waals surface area (Å²) in [6.07, 6.45) is 0. The van der Waals surface area contributed by atoms with Gasteiger partial charge in [-0.15, -0.1) is 0 Å². The minimum atomic E-state index is -0.448. The zero-order valence-corrected chi connectivity index (χ0v) is 9.91. The Labute approximate surface area is 95.8 Å². The number of hydrogen-bond acceptors (Lipinski definition) is 2. The third-order valence-corrected chi connectivity index (χ3v) is 1.78. The van der Waals surface area contributed by atoms with Crippen molar-refractivity contribution in [1.82, 2.24) is 5.32 Å². The molecule has 1 aromatic carbocycles. The summed E-state index contributed by atoms with van der Waals surface area (Å²) in [5.41, 5.74) is 6.48. The van der Waals surface area contributed by atoms with E-state index in [1.54, 1.807) is 24.3 Å². The van der Waals surface area contributed by atoms with Crippen molar-refractivity contribution in [3.63, 3.8) is 0 Å². The van der Waals surface area contributed by atoms with Crippen LogP contribution >= 0.6 is 0 Å². The number of nitrogens with two attached hydrogens (primary N) is 1. The molecule has 88 valence electrons. The van der Waals surface area contributed by atoms with Crippen molar-refractivity contribution in [1.29, 1.82) is 0 Å². The molecule has 1 rings (SSSR count). The fraction of sp³-hybridized carbons (Fsp3) is 0.333. The second kappa shape index (κ2) is 7.45. The molecule has 0 atom stereocenters. The van der Waals surface area contributed by atoms with Gasteiger partial charge in [-0.05, 0) is 17.7 Å². The van der Waals surface area contributed by atoms with Crippen molar-refractivity contribution >= 4 is 11.8 Å². The average molecular weight is 222 g/mol. The van der Waals surface area contributed by atoms with Crippen LogP contribution in [0.25, 0.3) is 0 Å². The van der Waals surface area contributed by atoms with Gasteiger partial charge in [-0.3, -0.25) is 9.59 Å². The van der Waals surface area contributed by atoms with Crippen LogP contribution in [0.5, 0.6) is 0 Å². The molecular weight excluding hydrogens is 204 g/mol. The lowest BCUT2D eigenvalue weighted by Crippen LogP contribution is -2.19. The molecule has 2 amide bonds.